The Morgan fingerprint density at radius 1 is 1.29 bits per heavy atom. The zero-order valence-electron chi connectivity index (χ0n) is 15.8. The number of carbonyl (C=O) groups is 2. The average Bonchev–Trinajstić information content (AvgIpc) is 3.17. The highest BCUT2D eigenvalue weighted by Gasteiger charge is 2.41. The van der Waals surface area contributed by atoms with E-state index in [0.717, 1.165) is 35.7 Å². The second kappa shape index (κ2) is 7.49. The third-order valence-electron chi connectivity index (χ3n) is 5.26. The van der Waals surface area contributed by atoms with Gasteiger partial charge < -0.3 is 20.3 Å². The van der Waals surface area contributed by atoms with Gasteiger partial charge in [-0.25, -0.2) is 14.6 Å². The van der Waals surface area contributed by atoms with E-state index in [4.69, 9.17) is 4.74 Å². The van der Waals surface area contributed by atoms with Crippen molar-refractivity contribution in [3.63, 3.8) is 0 Å². The van der Waals surface area contributed by atoms with Gasteiger partial charge in [0.15, 0.2) is 5.82 Å². The van der Waals surface area contributed by atoms with Crippen LogP contribution in [0.15, 0.2) is 24.3 Å². The first-order valence-corrected chi connectivity index (χ1v) is 9.51. The maximum Gasteiger partial charge on any atom is 0.407 e. The molecule has 3 heterocycles. The first kappa shape index (κ1) is 18.3. The summed E-state index contributed by atoms with van der Waals surface area (Å²) in [5.74, 6) is 1.54. The van der Waals surface area contributed by atoms with Crippen molar-refractivity contribution in [1.29, 1.82) is 0 Å². The minimum Gasteiger partial charge on any atom is -0.441 e. The number of urea groups is 1. The number of carbonyl (C=O) groups excluding carboxylic acids is 2. The van der Waals surface area contributed by atoms with Gasteiger partial charge in [0.1, 0.15) is 11.4 Å². The first-order valence-electron chi connectivity index (χ1n) is 9.51. The van der Waals surface area contributed by atoms with Crippen molar-refractivity contribution < 1.29 is 14.3 Å². The fourth-order valence-corrected chi connectivity index (χ4v) is 3.71. The number of benzene rings is 1. The number of aromatic nitrogens is 3. The van der Waals surface area contributed by atoms with Gasteiger partial charge >= 0.3 is 12.1 Å². The van der Waals surface area contributed by atoms with Crippen molar-refractivity contribution in [3.8, 4) is 0 Å². The summed E-state index contributed by atoms with van der Waals surface area (Å²) in [6.45, 7) is 3.59. The highest BCUT2D eigenvalue weighted by Crippen LogP contribution is 2.29. The van der Waals surface area contributed by atoms with E-state index in [1.165, 1.54) is 0 Å². The average molecular weight is 384 g/mol. The Kier molecular flexibility index (Phi) is 4.89. The number of nitrogens with zero attached hydrogens (tertiary/aromatic N) is 3. The van der Waals surface area contributed by atoms with Gasteiger partial charge in [-0.15, -0.1) is 0 Å². The van der Waals surface area contributed by atoms with Gasteiger partial charge in [0, 0.05) is 31.6 Å². The summed E-state index contributed by atoms with van der Waals surface area (Å²) in [7, 11) is 0. The number of ether oxygens (including phenoxy) is 1. The van der Waals surface area contributed by atoms with Gasteiger partial charge in [-0.05, 0) is 37.5 Å². The molecule has 2 saturated heterocycles. The number of aromatic amines is 1. The first-order chi connectivity index (χ1) is 13.5. The summed E-state index contributed by atoms with van der Waals surface area (Å²) >= 11 is 0. The van der Waals surface area contributed by atoms with E-state index in [1.807, 2.05) is 31.2 Å². The van der Waals surface area contributed by atoms with Crippen LogP contribution in [0.5, 0.6) is 0 Å². The Morgan fingerprint density at radius 2 is 2.11 bits per heavy atom. The van der Waals surface area contributed by atoms with Crippen LogP contribution < -0.4 is 10.6 Å². The molecule has 148 valence electrons. The molecule has 9 nitrogen and oxygen atoms in total. The van der Waals surface area contributed by atoms with Crippen LogP contribution in [0.4, 0.5) is 15.3 Å². The predicted octanol–water partition coefficient (Wildman–Crippen LogP) is 2.20. The summed E-state index contributed by atoms with van der Waals surface area (Å²) in [5.41, 5.74) is 1.35. The van der Waals surface area contributed by atoms with E-state index < -0.39 is 5.60 Å². The fraction of sp³-hybridized carbons (Fsp3) is 0.474. The van der Waals surface area contributed by atoms with Crippen LogP contribution in [-0.4, -0.2) is 57.4 Å². The van der Waals surface area contributed by atoms with Crippen molar-refractivity contribution in [2.45, 2.75) is 38.2 Å². The molecule has 1 aromatic heterocycles. The third-order valence-corrected chi connectivity index (χ3v) is 5.26. The maximum atomic E-state index is 12.6. The second-order valence-electron chi connectivity index (χ2n) is 7.41. The molecule has 2 aliphatic rings. The van der Waals surface area contributed by atoms with Crippen molar-refractivity contribution in [3.05, 3.63) is 41.5 Å². The lowest BCUT2D eigenvalue weighted by molar-refractivity contribution is 0.0454. The van der Waals surface area contributed by atoms with Gasteiger partial charge in [-0.1, -0.05) is 12.1 Å². The molecule has 2 aromatic rings. The Labute approximate surface area is 162 Å². The molecule has 1 spiro atoms. The number of hydrogen-bond acceptors (Lipinski definition) is 5. The molecule has 0 unspecified atom stereocenters. The van der Waals surface area contributed by atoms with Crippen molar-refractivity contribution in [2.75, 3.05) is 25.0 Å². The Morgan fingerprint density at radius 3 is 2.79 bits per heavy atom. The van der Waals surface area contributed by atoms with E-state index in [2.05, 4.69) is 25.8 Å². The molecular weight excluding hydrogens is 360 g/mol. The van der Waals surface area contributed by atoms with Gasteiger partial charge in [0.05, 0.1) is 6.54 Å². The minimum atomic E-state index is -0.466. The molecule has 3 N–H and O–H groups in total. The van der Waals surface area contributed by atoms with E-state index in [-0.39, 0.29) is 12.1 Å². The molecule has 3 amide bonds. The van der Waals surface area contributed by atoms with Crippen LogP contribution in [0.1, 0.15) is 36.5 Å². The number of H-pyrrole nitrogens is 1. The Hall–Kier alpha value is -3.10. The van der Waals surface area contributed by atoms with E-state index >= 15 is 0 Å². The standard InChI is InChI=1S/C19H24N6O3/c1-13-21-16(24-23-13)11-14-3-5-15(6-4-14)22-17(26)25-9-2-7-19(8-10-25)12-20-18(27)28-19/h3-6H,2,7-12H2,1H3,(H,20,27)(H,22,26)(H,21,23,24)/t19-/m1/s1. The summed E-state index contributed by atoms with van der Waals surface area (Å²) in [5, 5.41) is 12.6. The molecule has 0 radical (unpaired) electrons. The summed E-state index contributed by atoms with van der Waals surface area (Å²) in [4.78, 5) is 30.1. The smallest absolute Gasteiger partial charge is 0.407 e. The fourth-order valence-electron chi connectivity index (χ4n) is 3.71. The van der Waals surface area contributed by atoms with Crippen molar-refractivity contribution in [1.82, 2.24) is 25.4 Å². The lowest BCUT2D eigenvalue weighted by atomic mass is 9.95. The molecule has 2 fully saturated rings. The van der Waals surface area contributed by atoms with Crippen LogP contribution in [0.25, 0.3) is 0 Å². The predicted molar refractivity (Wildman–Crippen MR) is 102 cm³/mol. The van der Waals surface area contributed by atoms with Crippen molar-refractivity contribution in [2.24, 2.45) is 0 Å². The highest BCUT2D eigenvalue weighted by molar-refractivity contribution is 5.89. The van der Waals surface area contributed by atoms with E-state index in [0.29, 0.717) is 32.5 Å². The molecule has 1 atom stereocenters. The SMILES string of the molecule is Cc1nc(Cc2ccc(NC(=O)N3CCC[C@@]4(CC3)CNC(=O)O4)cc2)n[nH]1. The molecule has 0 aliphatic carbocycles. The van der Waals surface area contributed by atoms with Gasteiger partial charge in [-0.2, -0.15) is 5.10 Å². The number of likely N-dealkylation sites (tertiary alicyclic amines) is 1. The quantitative estimate of drug-likeness (QED) is 0.751. The van der Waals surface area contributed by atoms with Gasteiger partial charge in [0.25, 0.3) is 0 Å². The van der Waals surface area contributed by atoms with Crippen LogP contribution in [0.3, 0.4) is 0 Å². The number of nitrogens with one attached hydrogen (secondary N) is 3. The number of alkyl carbamates (subject to hydrolysis) is 1. The Balaban J connectivity index is 1.32. The zero-order chi connectivity index (χ0) is 19.6. The summed E-state index contributed by atoms with van der Waals surface area (Å²) in [6, 6.07) is 7.56. The molecule has 2 aliphatic heterocycles. The van der Waals surface area contributed by atoms with E-state index in [1.54, 1.807) is 4.90 Å². The number of rotatable bonds is 3. The van der Waals surface area contributed by atoms with Crippen LogP contribution >= 0.6 is 0 Å². The van der Waals surface area contributed by atoms with E-state index in [9.17, 15) is 9.59 Å². The molecule has 1 aromatic carbocycles. The van der Waals surface area contributed by atoms with Crippen LogP contribution in [0.2, 0.25) is 0 Å². The molecule has 0 saturated carbocycles. The zero-order valence-corrected chi connectivity index (χ0v) is 15.8. The van der Waals surface area contributed by atoms with Gasteiger partial charge in [0.2, 0.25) is 0 Å². The Bertz CT molecular complexity index is 865. The normalized spacial score (nSPS) is 21.9. The molecular formula is C19H24N6O3. The number of aryl methyl sites for hydroxylation is 1. The van der Waals surface area contributed by atoms with Crippen molar-refractivity contribution >= 4 is 17.8 Å². The highest BCUT2D eigenvalue weighted by atomic mass is 16.6. The summed E-state index contributed by atoms with van der Waals surface area (Å²) in [6.07, 6.45) is 2.49. The molecule has 4 rings (SSSR count). The van der Waals surface area contributed by atoms with Gasteiger partial charge in [-0.3, -0.25) is 5.10 Å². The molecule has 28 heavy (non-hydrogen) atoms. The van der Waals surface area contributed by atoms with Crippen LogP contribution in [0, 0.1) is 6.92 Å². The largest absolute Gasteiger partial charge is 0.441 e. The molecule has 0 bridgehead atoms. The number of amides is 3. The maximum absolute atomic E-state index is 12.6. The minimum absolute atomic E-state index is 0.133. The second-order valence-corrected chi connectivity index (χ2v) is 7.41. The third kappa shape index (κ3) is 4.08. The topological polar surface area (TPSA) is 112 Å². The monoisotopic (exact) mass is 384 g/mol. The lowest BCUT2D eigenvalue weighted by Gasteiger charge is -2.25. The summed E-state index contributed by atoms with van der Waals surface area (Å²) < 4.78 is 5.46. The molecule has 9 heteroatoms. The lowest BCUT2D eigenvalue weighted by Crippen LogP contribution is -2.38. The number of hydrogen-bond donors (Lipinski definition) is 3. The number of anilines is 1. The van der Waals surface area contributed by atoms with Crippen LogP contribution in [-0.2, 0) is 11.2 Å².